The number of nitrogens with zero attached hydrogens (tertiary/aromatic N) is 1. The van der Waals surface area contributed by atoms with Crippen molar-refractivity contribution in [2.45, 2.75) is 38.0 Å². The molecule has 0 radical (unpaired) electrons. The first kappa shape index (κ1) is 15.7. The molecule has 1 spiro atoms. The van der Waals surface area contributed by atoms with Crippen molar-refractivity contribution in [3.8, 4) is 0 Å². The molecule has 1 N–H and O–H groups in total. The Hall–Kier alpha value is -1.86. The summed E-state index contributed by atoms with van der Waals surface area (Å²) in [6, 6.07) is 3.57. The first-order valence-electron chi connectivity index (χ1n) is 8.52. The fourth-order valence-corrected chi connectivity index (χ4v) is 3.55. The summed E-state index contributed by atoms with van der Waals surface area (Å²) in [4.78, 5) is 27.1. The van der Waals surface area contributed by atoms with Gasteiger partial charge in [0, 0.05) is 25.9 Å². The topological polar surface area (TPSA) is 81.0 Å². The number of ether oxygens (including phenoxy) is 2. The maximum Gasteiger partial charge on any atom is 0.238 e. The molecule has 1 aromatic rings. The first-order valence-corrected chi connectivity index (χ1v) is 8.52. The van der Waals surface area contributed by atoms with Gasteiger partial charge in [0.1, 0.15) is 11.2 Å². The minimum Gasteiger partial charge on any atom is -0.467 e. The lowest BCUT2D eigenvalue weighted by atomic mass is 9.99. The van der Waals surface area contributed by atoms with Crippen LogP contribution in [0.4, 0.5) is 0 Å². The zero-order valence-corrected chi connectivity index (χ0v) is 13.6. The Morgan fingerprint density at radius 1 is 1.12 bits per heavy atom. The zero-order valence-electron chi connectivity index (χ0n) is 13.6. The number of hydrogen-bond acceptors (Lipinski definition) is 5. The van der Waals surface area contributed by atoms with Crippen LogP contribution in [0.15, 0.2) is 22.8 Å². The van der Waals surface area contributed by atoms with Gasteiger partial charge in [-0.15, -0.1) is 0 Å². The average Bonchev–Trinajstić information content (AvgIpc) is 3.02. The summed E-state index contributed by atoms with van der Waals surface area (Å²) in [5, 5.41) is 2.83. The molecule has 0 aromatic carbocycles. The van der Waals surface area contributed by atoms with Crippen molar-refractivity contribution < 1.29 is 23.5 Å². The quantitative estimate of drug-likeness (QED) is 0.832. The van der Waals surface area contributed by atoms with Crippen molar-refractivity contribution in [3.05, 3.63) is 24.2 Å². The van der Waals surface area contributed by atoms with Crippen LogP contribution in [0.3, 0.4) is 0 Å². The molecule has 0 atom stereocenters. The average molecular weight is 334 g/mol. The molecule has 1 aromatic heterocycles. The molecule has 1 aliphatic carbocycles. The highest BCUT2D eigenvalue weighted by Gasteiger charge is 2.58. The minimum atomic E-state index is -0.880. The van der Waals surface area contributed by atoms with Crippen molar-refractivity contribution in [1.82, 2.24) is 10.2 Å². The Balaban J connectivity index is 1.34. The third-order valence-corrected chi connectivity index (χ3v) is 5.22. The largest absolute Gasteiger partial charge is 0.467 e. The van der Waals surface area contributed by atoms with Gasteiger partial charge in [0.25, 0.3) is 0 Å². The van der Waals surface area contributed by atoms with Gasteiger partial charge in [-0.05, 0) is 25.0 Å². The van der Waals surface area contributed by atoms with E-state index in [2.05, 4.69) is 5.32 Å². The number of nitrogens with one attached hydrogen (secondary N) is 1. The van der Waals surface area contributed by atoms with E-state index in [9.17, 15) is 9.59 Å². The van der Waals surface area contributed by atoms with Gasteiger partial charge in [0.15, 0.2) is 5.79 Å². The summed E-state index contributed by atoms with van der Waals surface area (Å²) in [6.07, 6.45) is 4.14. The maximum atomic E-state index is 12.8. The summed E-state index contributed by atoms with van der Waals surface area (Å²) in [5.41, 5.74) is -0.880. The number of carbonyl (C=O) groups excluding carboxylic acids is 2. The van der Waals surface area contributed by atoms with Gasteiger partial charge < -0.3 is 24.1 Å². The molecule has 2 saturated heterocycles. The van der Waals surface area contributed by atoms with E-state index in [0.717, 1.165) is 0 Å². The Labute approximate surface area is 140 Å². The zero-order chi connectivity index (χ0) is 16.6. The van der Waals surface area contributed by atoms with Crippen molar-refractivity contribution >= 4 is 11.8 Å². The number of likely N-dealkylation sites (tertiary alicyclic amines) is 1. The van der Waals surface area contributed by atoms with Crippen LogP contribution in [0.2, 0.25) is 0 Å². The Kier molecular flexibility index (Phi) is 3.85. The van der Waals surface area contributed by atoms with Gasteiger partial charge in [-0.3, -0.25) is 9.59 Å². The summed E-state index contributed by atoms with van der Waals surface area (Å²) < 4.78 is 16.6. The van der Waals surface area contributed by atoms with E-state index in [1.54, 1.807) is 23.3 Å². The summed E-state index contributed by atoms with van der Waals surface area (Å²) in [6.45, 7) is 2.70. The molecule has 1 saturated carbocycles. The molecule has 3 fully saturated rings. The minimum absolute atomic E-state index is 0.0627. The van der Waals surface area contributed by atoms with Crippen molar-refractivity contribution in [2.75, 3.05) is 26.3 Å². The molecular formula is C17H22N2O5. The highest BCUT2D eigenvalue weighted by atomic mass is 16.7. The number of amides is 2. The molecule has 2 amide bonds. The van der Waals surface area contributed by atoms with Crippen LogP contribution >= 0.6 is 0 Å². The predicted molar refractivity (Wildman–Crippen MR) is 82.7 cm³/mol. The smallest absolute Gasteiger partial charge is 0.238 e. The molecule has 0 unspecified atom stereocenters. The molecule has 0 bridgehead atoms. The van der Waals surface area contributed by atoms with E-state index in [1.807, 2.05) is 0 Å². The lowest BCUT2D eigenvalue weighted by Crippen LogP contribution is -2.51. The standard InChI is InChI=1S/C17H22N2O5/c20-14(18-12-13-2-1-9-22-13)16(3-4-16)15(21)19-7-5-17(6-8-19)23-10-11-24-17/h1-2,9H,3-8,10-12H2,(H,18,20). The number of carbonyl (C=O) groups is 2. The van der Waals surface area contributed by atoms with Gasteiger partial charge in [-0.1, -0.05) is 0 Å². The maximum absolute atomic E-state index is 12.8. The normalized spacial score (nSPS) is 24.1. The van der Waals surface area contributed by atoms with Crippen LogP contribution in [0.25, 0.3) is 0 Å². The summed E-state index contributed by atoms with van der Waals surface area (Å²) in [7, 11) is 0. The number of furan rings is 1. The van der Waals surface area contributed by atoms with Crippen LogP contribution in [-0.2, 0) is 25.6 Å². The first-order chi connectivity index (χ1) is 11.6. The molecule has 3 aliphatic rings. The molecule has 3 heterocycles. The Bertz CT molecular complexity index is 607. The highest BCUT2D eigenvalue weighted by molar-refractivity contribution is 6.07. The van der Waals surface area contributed by atoms with Crippen molar-refractivity contribution in [3.63, 3.8) is 0 Å². The van der Waals surface area contributed by atoms with E-state index < -0.39 is 11.2 Å². The van der Waals surface area contributed by atoms with Crippen LogP contribution in [0.5, 0.6) is 0 Å². The number of hydrogen-bond donors (Lipinski definition) is 1. The number of piperidine rings is 1. The van der Waals surface area contributed by atoms with Gasteiger partial charge in [0.05, 0.1) is 26.0 Å². The van der Waals surface area contributed by atoms with Crippen LogP contribution < -0.4 is 5.32 Å². The molecule has 4 rings (SSSR count). The molecule has 130 valence electrons. The summed E-state index contributed by atoms with van der Waals surface area (Å²) >= 11 is 0. The van der Waals surface area contributed by atoms with E-state index >= 15 is 0 Å². The lowest BCUT2D eigenvalue weighted by Gasteiger charge is -2.38. The van der Waals surface area contributed by atoms with Gasteiger partial charge >= 0.3 is 0 Å². The Morgan fingerprint density at radius 2 is 1.83 bits per heavy atom. The fraction of sp³-hybridized carbons (Fsp3) is 0.647. The molecule has 7 nitrogen and oxygen atoms in total. The van der Waals surface area contributed by atoms with Crippen molar-refractivity contribution in [2.24, 2.45) is 5.41 Å². The SMILES string of the molecule is O=C(NCc1ccco1)C1(C(=O)N2CCC3(CC2)OCCO3)CC1. The summed E-state index contributed by atoms with van der Waals surface area (Å²) in [5.74, 6) is -0.0819. The second-order valence-corrected chi connectivity index (χ2v) is 6.74. The van der Waals surface area contributed by atoms with E-state index in [4.69, 9.17) is 13.9 Å². The van der Waals surface area contributed by atoms with Crippen LogP contribution in [0, 0.1) is 5.41 Å². The van der Waals surface area contributed by atoms with E-state index in [-0.39, 0.29) is 11.8 Å². The van der Waals surface area contributed by atoms with Crippen LogP contribution in [0.1, 0.15) is 31.4 Å². The third-order valence-electron chi connectivity index (χ3n) is 5.22. The van der Waals surface area contributed by atoms with Crippen LogP contribution in [-0.4, -0.2) is 48.8 Å². The fourth-order valence-electron chi connectivity index (χ4n) is 3.55. The molecule has 24 heavy (non-hydrogen) atoms. The van der Waals surface area contributed by atoms with E-state index in [1.165, 1.54) is 0 Å². The van der Waals surface area contributed by atoms with Gasteiger partial charge in [0.2, 0.25) is 11.8 Å². The highest BCUT2D eigenvalue weighted by Crippen LogP contribution is 2.48. The number of rotatable bonds is 4. The van der Waals surface area contributed by atoms with E-state index in [0.29, 0.717) is 64.3 Å². The Morgan fingerprint density at radius 3 is 2.42 bits per heavy atom. The van der Waals surface area contributed by atoms with Gasteiger partial charge in [-0.25, -0.2) is 0 Å². The third kappa shape index (κ3) is 2.71. The second kappa shape index (κ2) is 5.89. The lowest BCUT2D eigenvalue weighted by molar-refractivity contribution is -0.188. The predicted octanol–water partition coefficient (Wildman–Crippen LogP) is 1.04. The molecule has 2 aliphatic heterocycles. The monoisotopic (exact) mass is 334 g/mol. The second-order valence-electron chi connectivity index (χ2n) is 6.74. The molecule has 7 heteroatoms. The van der Waals surface area contributed by atoms with Gasteiger partial charge in [-0.2, -0.15) is 0 Å². The van der Waals surface area contributed by atoms with Crippen molar-refractivity contribution in [1.29, 1.82) is 0 Å². The molecular weight excluding hydrogens is 312 g/mol.